The standard InChI is InChI=1S/C26H25IN2O4S/c1-5-32-25(31)22-16(4)28-26-29(23(22)19-11-6-7-12-20(19)33-15(2)3)24(30)21(34-26)14-17-9-8-10-18(27)13-17/h6-15,23H,5H2,1-4H3/b21-14+/t23-/m0/s1. The van der Waals surface area contributed by atoms with Crippen LogP contribution in [0.5, 0.6) is 5.75 Å². The van der Waals surface area contributed by atoms with Crippen molar-refractivity contribution in [3.63, 3.8) is 0 Å². The monoisotopic (exact) mass is 588 g/mol. The summed E-state index contributed by atoms with van der Waals surface area (Å²) in [7, 11) is 0. The summed E-state index contributed by atoms with van der Waals surface area (Å²) in [5.41, 5.74) is 2.31. The lowest BCUT2D eigenvalue weighted by Gasteiger charge is -2.26. The molecular formula is C26H25IN2O4S. The largest absolute Gasteiger partial charge is 0.491 e. The number of nitrogens with zero attached hydrogens (tertiary/aromatic N) is 2. The molecule has 0 fully saturated rings. The Hall–Kier alpha value is -2.72. The number of hydrogen-bond donors (Lipinski definition) is 0. The van der Waals surface area contributed by atoms with Crippen molar-refractivity contribution in [2.45, 2.75) is 39.8 Å². The van der Waals surface area contributed by atoms with Gasteiger partial charge >= 0.3 is 5.97 Å². The van der Waals surface area contributed by atoms with E-state index in [0.29, 0.717) is 26.4 Å². The van der Waals surface area contributed by atoms with Crippen molar-refractivity contribution in [1.29, 1.82) is 0 Å². The minimum Gasteiger partial charge on any atom is -0.491 e. The number of benzene rings is 2. The number of hydrogen-bond acceptors (Lipinski definition) is 6. The van der Waals surface area contributed by atoms with Crippen molar-refractivity contribution >= 4 is 46.0 Å². The molecule has 3 aromatic rings. The Morgan fingerprint density at radius 3 is 2.71 bits per heavy atom. The highest BCUT2D eigenvalue weighted by molar-refractivity contribution is 14.1. The summed E-state index contributed by atoms with van der Waals surface area (Å²) in [5, 5.41) is 0. The predicted molar refractivity (Wildman–Crippen MR) is 142 cm³/mol. The number of fused-ring (bicyclic) bond motifs is 1. The molecule has 176 valence electrons. The number of thiazole rings is 1. The minimum atomic E-state index is -0.705. The average Bonchev–Trinajstić information content (AvgIpc) is 3.07. The molecule has 0 unspecified atom stereocenters. The molecule has 6 nitrogen and oxygen atoms in total. The van der Waals surface area contributed by atoms with Crippen molar-refractivity contribution in [2.75, 3.05) is 6.61 Å². The van der Waals surface area contributed by atoms with Crippen LogP contribution in [-0.2, 0) is 9.53 Å². The Labute approximate surface area is 215 Å². The molecule has 2 aromatic carbocycles. The summed E-state index contributed by atoms with van der Waals surface area (Å²) in [5.74, 6) is 0.131. The minimum absolute atomic E-state index is 0.0753. The third-order valence-electron chi connectivity index (χ3n) is 5.24. The van der Waals surface area contributed by atoms with E-state index in [2.05, 4.69) is 27.6 Å². The molecule has 0 N–H and O–H groups in total. The lowest BCUT2D eigenvalue weighted by molar-refractivity contribution is -0.139. The molecular weight excluding hydrogens is 563 g/mol. The average molecular weight is 588 g/mol. The van der Waals surface area contributed by atoms with Crippen LogP contribution in [-0.4, -0.2) is 23.2 Å². The van der Waals surface area contributed by atoms with Crippen LogP contribution in [0.15, 0.2) is 69.6 Å². The van der Waals surface area contributed by atoms with Crippen molar-refractivity contribution < 1.29 is 14.3 Å². The summed E-state index contributed by atoms with van der Waals surface area (Å²) in [6.45, 7) is 7.65. The fraction of sp³-hybridized carbons (Fsp3) is 0.269. The van der Waals surface area contributed by atoms with Crippen LogP contribution in [0.1, 0.15) is 44.9 Å². The second-order valence-corrected chi connectivity index (χ2v) is 10.3. The number of ether oxygens (including phenoxy) is 2. The fourth-order valence-electron chi connectivity index (χ4n) is 3.90. The van der Waals surface area contributed by atoms with Gasteiger partial charge in [-0.25, -0.2) is 9.79 Å². The molecule has 0 radical (unpaired) electrons. The van der Waals surface area contributed by atoms with Crippen LogP contribution in [0, 0.1) is 3.57 Å². The van der Waals surface area contributed by atoms with Gasteiger partial charge in [-0.2, -0.15) is 0 Å². The second kappa shape index (κ2) is 10.3. The maximum atomic E-state index is 13.7. The summed E-state index contributed by atoms with van der Waals surface area (Å²) >= 11 is 3.56. The lowest BCUT2D eigenvalue weighted by atomic mass is 9.95. The van der Waals surface area contributed by atoms with Crippen LogP contribution in [0.3, 0.4) is 0 Å². The normalized spacial score (nSPS) is 15.8. The first kappa shape index (κ1) is 24.4. The number of allylic oxidation sites excluding steroid dienone is 1. The third kappa shape index (κ3) is 4.88. The van der Waals surface area contributed by atoms with Crippen molar-refractivity contribution in [2.24, 2.45) is 4.99 Å². The first-order valence-corrected chi connectivity index (χ1v) is 12.9. The van der Waals surface area contributed by atoms with E-state index in [0.717, 1.165) is 14.7 Å². The molecule has 0 saturated carbocycles. The highest BCUT2D eigenvalue weighted by atomic mass is 127. The van der Waals surface area contributed by atoms with Crippen LogP contribution >= 0.6 is 33.9 Å². The summed E-state index contributed by atoms with van der Waals surface area (Å²) in [6.07, 6.45) is 1.79. The molecule has 2 heterocycles. The van der Waals surface area contributed by atoms with E-state index in [-0.39, 0.29) is 18.3 Å². The highest BCUT2D eigenvalue weighted by Crippen LogP contribution is 2.36. The number of carbonyl (C=O) groups is 1. The number of rotatable bonds is 6. The summed E-state index contributed by atoms with van der Waals surface area (Å²) in [6, 6.07) is 14.7. The molecule has 0 saturated heterocycles. The Balaban J connectivity index is 1.99. The van der Waals surface area contributed by atoms with Gasteiger partial charge in [0.05, 0.1) is 28.5 Å². The number of aromatic nitrogens is 1. The van der Waals surface area contributed by atoms with Gasteiger partial charge in [0.2, 0.25) is 0 Å². The molecule has 1 atom stereocenters. The third-order valence-corrected chi connectivity index (χ3v) is 6.89. The van der Waals surface area contributed by atoms with Gasteiger partial charge in [-0.1, -0.05) is 41.7 Å². The Morgan fingerprint density at radius 1 is 1.24 bits per heavy atom. The van der Waals surface area contributed by atoms with E-state index in [1.54, 1.807) is 18.4 Å². The first-order chi connectivity index (χ1) is 16.3. The molecule has 34 heavy (non-hydrogen) atoms. The van der Waals surface area contributed by atoms with Crippen molar-refractivity contribution in [1.82, 2.24) is 4.57 Å². The molecule has 0 amide bonds. The van der Waals surface area contributed by atoms with Gasteiger partial charge in [0, 0.05) is 9.13 Å². The van der Waals surface area contributed by atoms with Gasteiger partial charge in [-0.15, -0.1) is 0 Å². The topological polar surface area (TPSA) is 69.9 Å². The Morgan fingerprint density at radius 2 is 2.00 bits per heavy atom. The van der Waals surface area contributed by atoms with Gasteiger partial charge in [0.15, 0.2) is 4.80 Å². The second-order valence-electron chi connectivity index (χ2n) is 8.06. The van der Waals surface area contributed by atoms with Crippen LogP contribution in [0.25, 0.3) is 6.08 Å². The summed E-state index contributed by atoms with van der Waals surface area (Å²) in [4.78, 5) is 32.0. The molecule has 0 spiro atoms. The van der Waals surface area contributed by atoms with Crippen molar-refractivity contribution in [3.8, 4) is 5.75 Å². The molecule has 0 aliphatic carbocycles. The van der Waals surface area contributed by atoms with Crippen LogP contribution in [0.2, 0.25) is 0 Å². The van der Waals surface area contributed by atoms with E-state index < -0.39 is 12.0 Å². The molecule has 0 bridgehead atoms. The van der Waals surface area contributed by atoms with Gasteiger partial charge in [0.25, 0.3) is 5.56 Å². The molecule has 8 heteroatoms. The maximum Gasteiger partial charge on any atom is 0.338 e. The Kier molecular flexibility index (Phi) is 7.37. The van der Waals surface area contributed by atoms with E-state index in [4.69, 9.17) is 9.47 Å². The molecule has 1 aliphatic rings. The number of para-hydroxylation sites is 1. The Bertz CT molecular complexity index is 1450. The predicted octanol–water partition coefficient (Wildman–Crippen LogP) is 4.19. The smallest absolute Gasteiger partial charge is 0.338 e. The van der Waals surface area contributed by atoms with Crippen LogP contribution in [0.4, 0.5) is 0 Å². The fourth-order valence-corrected chi connectivity index (χ4v) is 5.51. The van der Waals surface area contributed by atoms with E-state index in [1.165, 1.54) is 11.3 Å². The van der Waals surface area contributed by atoms with Crippen molar-refractivity contribution in [3.05, 3.63) is 94.2 Å². The zero-order chi connectivity index (χ0) is 24.4. The SMILES string of the molecule is CCOC(=O)C1=C(C)N=c2s/c(=C/c3cccc(I)c3)c(=O)n2[C@H]1c1ccccc1OC(C)C. The first-order valence-electron chi connectivity index (χ1n) is 11.0. The quantitative estimate of drug-likeness (QED) is 0.320. The number of halogens is 1. The van der Waals surface area contributed by atoms with Gasteiger partial charge in [-0.3, -0.25) is 9.36 Å². The maximum absolute atomic E-state index is 13.7. The van der Waals surface area contributed by atoms with Gasteiger partial charge in [-0.05, 0) is 80.1 Å². The number of carbonyl (C=O) groups excluding carboxylic acids is 1. The van der Waals surface area contributed by atoms with E-state index in [1.807, 2.05) is 68.5 Å². The highest BCUT2D eigenvalue weighted by Gasteiger charge is 2.35. The molecule has 1 aliphatic heterocycles. The van der Waals surface area contributed by atoms with Gasteiger partial charge in [0.1, 0.15) is 11.8 Å². The zero-order valence-electron chi connectivity index (χ0n) is 19.4. The van der Waals surface area contributed by atoms with E-state index in [9.17, 15) is 9.59 Å². The lowest BCUT2D eigenvalue weighted by Crippen LogP contribution is -2.40. The summed E-state index contributed by atoms with van der Waals surface area (Å²) < 4.78 is 14.7. The molecule has 4 rings (SSSR count). The van der Waals surface area contributed by atoms with Crippen LogP contribution < -0.4 is 19.6 Å². The number of esters is 1. The van der Waals surface area contributed by atoms with E-state index >= 15 is 0 Å². The van der Waals surface area contributed by atoms with Gasteiger partial charge < -0.3 is 9.47 Å². The molecule has 1 aromatic heterocycles. The zero-order valence-corrected chi connectivity index (χ0v) is 22.3.